The first-order valence-corrected chi connectivity index (χ1v) is 9.10. The van der Waals surface area contributed by atoms with Gasteiger partial charge in [-0.3, -0.25) is 4.79 Å². The minimum Gasteiger partial charge on any atom is -0.484 e. The predicted octanol–water partition coefficient (Wildman–Crippen LogP) is 3.92. The summed E-state index contributed by atoms with van der Waals surface area (Å²) in [6.45, 7) is 3.79. The normalized spacial score (nSPS) is 12.8. The van der Waals surface area contributed by atoms with E-state index in [1.165, 1.54) is 0 Å². The molecule has 1 heterocycles. The van der Waals surface area contributed by atoms with Gasteiger partial charge < -0.3 is 14.5 Å². The lowest BCUT2D eigenvalue weighted by atomic mass is 10.1. The fourth-order valence-corrected chi connectivity index (χ4v) is 3.69. The zero-order valence-electron chi connectivity index (χ0n) is 15.4. The third-order valence-electron chi connectivity index (χ3n) is 5.06. The summed E-state index contributed by atoms with van der Waals surface area (Å²) in [5.74, 6) is 0.267. The number of carbonyl (C=O) groups is 1. The third kappa shape index (κ3) is 3.33. The monoisotopic (exact) mass is 363 g/mol. The minimum absolute atomic E-state index is 0.117. The van der Waals surface area contributed by atoms with Gasteiger partial charge in [0.1, 0.15) is 11.3 Å². The van der Waals surface area contributed by atoms with Crippen molar-refractivity contribution in [3.05, 3.63) is 69.1 Å². The van der Waals surface area contributed by atoms with Crippen molar-refractivity contribution in [2.24, 2.45) is 0 Å². The molecule has 2 aromatic carbocycles. The van der Waals surface area contributed by atoms with Crippen LogP contribution in [0.5, 0.6) is 5.75 Å². The largest absolute Gasteiger partial charge is 0.484 e. The van der Waals surface area contributed by atoms with Crippen molar-refractivity contribution in [3.63, 3.8) is 0 Å². The van der Waals surface area contributed by atoms with Crippen molar-refractivity contribution in [1.29, 1.82) is 0 Å². The van der Waals surface area contributed by atoms with E-state index in [1.54, 1.807) is 6.07 Å². The Morgan fingerprint density at radius 2 is 1.85 bits per heavy atom. The van der Waals surface area contributed by atoms with Crippen molar-refractivity contribution < 1.29 is 13.9 Å². The highest BCUT2D eigenvalue weighted by molar-refractivity contribution is 5.93. The standard InChI is InChI=1S/C22H21NO4/c1-13-5-3-6-14(2)21(13)23-20(24)12-26-15-9-10-17-16-7-4-8-18(16)22(25)27-19(17)11-15/h3,5-6,9-11H,4,7-8,12H2,1-2H3,(H,23,24). The predicted molar refractivity (Wildman–Crippen MR) is 105 cm³/mol. The first-order chi connectivity index (χ1) is 13.0. The number of rotatable bonds is 4. The van der Waals surface area contributed by atoms with E-state index < -0.39 is 0 Å². The fourth-order valence-electron chi connectivity index (χ4n) is 3.69. The number of benzene rings is 2. The van der Waals surface area contributed by atoms with E-state index in [0.29, 0.717) is 11.3 Å². The Bertz CT molecular complexity index is 1080. The van der Waals surface area contributed by atoms with Crippen molar-refractivity contribution in [1.82, 2.24) is 0 Å². The molecule has 1 aliphatic carbocycles. The molecule has 1 N–H and O–H groups in total. The number of anilines is 1. The first kappa shape index (κ1) is 17.3. The molecule has 0 unspecified atom stereocenters. The van der Waals surface area contributed by atoms with Crippen LogP contribution in [0.25, 0.3) is 11.0 Å². The van der Waals surface area contributed by atoms with Crippen LogP contribution in [-0.4, -0.2) is 12.5 Å². The second-order valence-electron chi connectivity index (χ2n) is 6.96. The second kappa shape index (κ2) is 6.91. The van der Waals surface area contributed by atoms with Gasteiger partial charge in [0, 0.05) is 22.7 Å². The summed E-state index contributed by atoms with van der Waals surface area (Å²) < 4.78 is 11.1. The summed E-state index contributed by atoms with van der Waals surface area (Å²) in [6, 6.07) is 11.3. The van der Waals surface area contributed by atoms with Gasteiger partial charge in [-0.05, 0) is 61.9 Å². The molecular weight excluding hydrogens is 342 g/mol. The number of para-hydroxylation sites is 1. The number of fused-ring (bicyclic) bond motifs is 3. The molecule has 0 spiro atoms. The maximum Gasteiger partial charge on any atom is 0.339 e. The molecular formula is C22H21NO4. The molecule has 0 radical (unpaired) electrons. The Morgan fingerprint density at radius 3 is 2.63 bits per heavy atom. The zero-order chi connectivity index (χ0) is 19.0. The van der Waals surface area contributed by atoms with E-state index in [2.05, 4.69) is 5.32 Å². The van der Waals surface area contributed by atoms with Crippen LogP contribution in [0.2, 0.25) is 0 Å². The maximum atomic E-state index is 12.3. The van der Waals surface area contributed by atoms with Crippen LogP contribution in [0.4, 0.5) is 5.69 Å². The molecule has 1 amide bonds. The van der Waals surface area contributed by atoms with E-state index in [-0.39, 0.29) is 18.1 Å². The molecule has 3 aromatic rings. The number of carbonyl (C=O) groups excluding carboxylic acids is 1. The highest BCUT2D eigenvalue weighted by Crippen LogP contribution is 2.29. The van der Waals surface area contributed by atoms with E-state index in [1.807, 2.05) is 44.2 Å². The number of ether oxygens (including phenoxy) is 1. The average Bonchev–Trinajstić information content (AvgIpc) is 3.14. The van der Waals surface area contributed by atoms with Crippen LogP contribution >= 0.6 is 0 Å². The summed E-state index contributed by atoms with van der Waals surface area (Å²) in [7, 11) is 0. The van der Waals surface area contributed by atoms with Gasteiger partial charge in [0.2, 0.25) is 0 Å². The summed E-state index contributed by atoms with van der Waals surface area (Å²) >= 11 is 0. The average molecular weight is 363 g/mol. The molecule has 138 valence electrons. The van der Waals surface area contributed by atoms with Gasteiger partial charge in [0.05, 0.1) is 0 Å². The zero-order valence-corrected chi connectivity index (χ0v) is 15.4. The molecule has 0 bridgehead atoms. The van der Waals surface area contributed by atoms with Crippen LogP contribution < -0.4 is 15.7 Å². The molecule has 5 heteroatoms. The Balaban J connectivity index is 1.50. The van der Waals surface area contributed by atoms with Crippen molar-refractivity contribution in [2.75, 3.05) is 11.9 Å². The molecule has 0 saturated heterocycles. The summed E-state index contributed by atoms with van der Waals surface area (Å²) in [4.78, 5) is 24.3. The summed E-state index contributed by atoms with van der Waals surface area (Å²) in [5.41, 5.74) is 4.94. The van der Waals surface area contributed by atoms with E-state index in [9.17, 15) is 9.59 Å². The fraction of sp³-hybridized carbons (Fsp3) is 0.273. The number of amides is 1. The molecule has 1 aromatic heterocycles. The van der Waals surface area contributed by atoms with Crippen molar-refractivity contribution in [3.8, 4) is 5.75 Å². The number of hydrogen-bond acceptors (Lipinski definition) is 4. The van der Waals surface area contributed by atoms with Gasteiger partial charge >= 0.3 is 5.63 Å². The van der Waals surface area contributed by atoms with Gasteiger partial charge in [-0.15, -0.1) is 0 Å². The van der Waals surface area contributed by atoms with Gasteiger partial charge in [-0.2, -0.15) is 0 Å². The molecule has 0 atom stereocenters. The van der Waals surface area contributed by atoms with Crippen molar-refractivity contribution >= 4 is 22.6 Å². The van der Waals surface area contributed by atoms with Gasteiger partial charge in [0.25, 0.3) is 5.91 Å². The van der Waals surface area contributed by atoms with Gasteiger partial charge in [0.15, 0.2) is 6.61 Å². The molecule has 0 saturated carbocycles. The lowest BCUT2D eigenvalue weighted by molar-refractivity contribution is -0.118. The van der Waals surface area contributed by atoms with E-state index >= 15 is 0 Å². The second-order valence-corrected chi connectivity index (χ2v) is 6.96. The van der Waals surface area contributed by atoms with Crippen LogP contribution in [0.3, 0.4) is 0 Å². The van der Waals surface area contributed by atoms with E-state index in [0.717, 1.165) is 52.6 Å². The summed E-state index contributed by atoms with van der Waals surface area (Å²) in [5, 5.41) is 3.84. The number of nitrogens with one attached hydrogen (secondary N) is 1. The van der Waals surface area contributed by atoms with Gasteiger partial charge in [-0.25, -0.2) is 4.79 Å². The lowest BCUT2D eigenvalue weighted by Gasteiger charge is -2.12. The molecule has 0 aliphatic heterocycles. The Kier molecular flexibility index (Phi) is 4.44. The SMILES string of the molecule is Cc1cccc(C)c1NC(=O)COc1ccc2c3c(c(=O)oc2c1)CCC3. The lowest BCUT2D eigenvalue weighted by Crippen LogP contribution is -2.21. The first-order valence-electron chi connectivity index (χ1n) is 9.10. The quantitative estimate of drug-likeness (QED) is 0.714. The third-order valence-corrected chi connectivity index (χ3v) is 5.06. The van der Waals surface area contributed by atoms with Gasteiger partial charge in [-0.1, -0.05) is 18.2 Å². The molecule has 27 heavy (non-hydrogen) atoms. The van der Waals surface area contributed by atoms with E-state index in [4.69, 9.17) is 9.15 Å². The molecule has 4 rings (SSSR count). The Morgan fingerprint density at radius 1 is 1.11 bits per heavy atom. The number of aryl methyl sites for hydroxylation is 3. The highest BCUT2D eigenvalue weighted by atomic mass is 16.5. The molecule has 0 fully saturated rings. The molecule has 1 aliphatic rings. The highest BCUT2D eigenvalue weighted by Gasteiger charge is 2.19. The Labute approximate surface area is 157 Å². The number of hydrogen-bond donors (Lipinski definition) is 1. The topological polar surface area (TPSA) is 68.5 Å². The Hall–Kier alpha value is -3.08. The van der Waals surface area contributed by atoms with Crippen molar-refractivity contribution in [2.45, 2.75) is 33.1 Å². The van der Waals surface area contributed by atoms with Crippen LogP contribution in [0.15, 0.2) is 45.6 Å². The summed E-state index contributed by atoms with van der Waals surface area (Å²) in [6.07, 6.45) is 2.66. The molecule has 5 nitrogen and oxygen atoms in total. The smallest absolute Gasteiger partial charge is 0.339 e. The van der Waals surface area contributed by atoms with Crippen LogP contribution in [0.1, 0.15) is 28.7 Å². The minimum atomic E-state index is -0.264. The van der Waals surface area contributed by atoms with Crippen LogP contribution in [-0.2, 0) is 17.6 Å². The van der Waals surface area contributed by atoms with Crippen LogP contribution in [0, 0.1) is 13.8 Å². The maximum absolute atomic E-state index is 12.3.